The highest BCUT2D eigenvalue weighted by molar-refractivity contribution is 7.98. The summed E-state index contributed by atoms with van der Waals surface area (Å²) in [5, 5.41) is 14.5. The molecule has 2 amide bonds. The zero-order valence-corrected chi connectivity index (χ0v) is 30.4. The van der Waals surface area contributed by atoms with Gasteiger partial charge in [0.15, 0.2) is 16.4 Å². The number of thioether (sulfide) groups is 1. The van der Waals surface area contributed by atoms with Crippen molar-refractivity contribution in [3.8, 4) is 5.75 Å². The number of rotatable bonds is 16. The van der Waals surface area contributed by atoms with E-state index >= 15 is 0 Å². The average molecular weight is 730 g/mol. The summed E-state index contributed by atoms with van der Waals surface area (Å²) >= 11 is 7.61. The van der Waals surface area contributed by atoms with Crippen LogP contribution in [-0.2, 0) is 24.2 Å². The summed E-state index contributed by atoms with van der Waals surface area (Å²) in [7, 11) is -3.82. The smallest absolute Gasteiger partial charge is 0.322 e. The fourth-order valence-electron chi connectivity index (χ4n) is 6.15. The summed E-state index contributed by atoms with van der Waals surface area (Å²) in [6.45, 7) is 3.61. The maximum Gasteiger partial charge on any atom is 0.322 e. The predicted molar refractivity (Wildman–Crippen MR) is 194 cm³/mol. The molecule has 3 N–H and O–H groups in total. The monoisotopic (exact) mass is 729 g/mol. The van der Waals surface area contributed by atoms with E-state index < -0.39 is 52.2 Å². The highest BCUT2D eigenvalue weighted by Crippen LogP contribution is 2.48. The Morgan fingerprint density at radius 3 is 2.27 bits per heavy atom. The van der Waals surface area contributed by atoms with Gasteiger partial charge >= 0.3 is 5.97 Å². The number of amides is 2. The van der Waals surface area contributed by atoms with Crippen molar-refractivity contribution >= 4 is 62.4 Å². The van der Waals surface area contributed by atoms with Gasteiger partial charge in [0.1, 0.15) is 18.3 Å². The van der Waals surface area contributed by atoms with E-state index in [-0.39, 0.29) is 16.4 Å². The van der Waals surface area contributed by atoms with E-state index in [9.17, 15) is 22.8 Å². The standard InChI is InChI=1S/C36H44ClN3O7S2/c1-4-6-17-36(18-7-5-2)23-40(27-15-13-26(37)14-16-27)28-19-30(48-3)29(20-31(28)49(45,46)24-36)47-22-32(41)39-34(25-11-9-8-10-12-25)35(44)38-21-33(42)43/h8-16,19-20,34H,4-7,17-18,21-24H2,1-3H3,(H,38,44)(H,39,41)(H,42,43)/t34-/m1/s1. The van der Waals surface area contributed by atoms with Gasteiger partial charge in [0.05, 0.1) is 21.2 Å². The number of carbonyl (C=O) groups is 3. The van der Waals surface area contributed by atoms with Crippen LogP contribution in [0.4, 0.5) is 11.4 Å². The highest BCUT2D eigenvalue weighted by atomic mass is 35.5. The van der Waals surface area contributed by atoms with Gasteiger partial charge in [-0.2, -0.15) is 0 Å². The van der Waals surface area contributed by atoms with Gasteiger partial charge in [-0.05, 0) is 55.0 Å². The van der Waals surface area contributed by atoms with Crippen molar-refractivity contribution in [2.24, 2.45) is 5.41 Å². The molecule has 3 aromatic carbocycles. The number of benzene rings is 3. The van der Waals surface area contributed by atoms with E-state index in [1.807, 2.05) is 18.4 Å². The third-order valence-corrected chi connectivity index (χ3v) is 11.6. The lowest BCUT2D eigenvalue weighted by Crippen LogP contribution is -2.43. The topological polar surface area (TPSA) is 142 Å². The predicted octanol–water partition coefficient (Wildman–Crippen LogP) is 6.79. The van der Waals surface area contributed by atoms with Gasteiger partial charge in [-0.25, -0.2) is 8.42 Å². The second-order valence-corrected chi connectivity index (χ2v) is 15.6. The molecule has 10 nitrogen and oxygen atoms in total. The van der Waals surface area contributed by atoms with Crippen LogP contribution in [0.3, 0.4) is 0 Å². The second-order valence-electron chi connectivity index (χ2n) is 12.3. The minimum absolute atomic E-state index is 0.0140. The number of carbonyl (C=O) groups excluding carboxylic acids is 2. The van der Waals surface area contributed by atoms with Gasteiger partial charge in [0.25, 0.3) is 5.91 Å². The third-order valence-electron chi connectivity index (χ3n) is 8.59. The maximum atomic E-state index is 14.4. The van der Waals surface area contributed by atoms with E-state index in [1.165, 1.54) is 17.8 Å². The molecule has 0 fully saturated rings. The number of fused-ring (bicyclic) bond motifs is 1. The van der Waals surface area contributed by atoms with Crippen LogP contribution >= 0.6 is 23.4 Å². The van der Waals surface area contributed by atoms with Crippen LogP contribution in [0.15, 0.2) is 76.5 Å². The summed E-state index contributed by atoms with van der Waals surface area (Å²) in [5.41, 5.74) is 1.33. The van der Waals surface area contributed by atoms with Crippen LogP contribution in [0.25, 0.3) is 0 Å². The molecule has 264 valence electrons. The Morgan fingerprint density at radius 2 is 1.67 bits per heavy atom. The molecule has 4 rings (SSSR count). The molecule has 0 unspecified atom stereocenters. The van der Waals surface area contributed by atoms with E-state index in [0.717, 1.165) is 44.2 Å². The molecule has 1 heterocycles. The summed E-state index contributed by atoms with van der Waals surface area (Å²) in [5.74, 6) is -2.35. The van der Waals surface area contributed by atoms with E-state index in [4.69, 9.17) is 21.4 Å². The van der Waals surface area contributed by atoms with Gasteiger partial charge in [-0.3, -0.25) is 14.4 Å². The molecule has 1 atom stereocenters. The summed E-state index contributed by atoms with van der Waals surface area (Å²) in [4.78, 5) is 39.9. The molecule has 49 heavy (non-hydrogen) atoms. The molecular formula is C36H44ClN3O7S2. The summed E-state index contributed by atoms with van der Waals surface area (Å²) < 4.78 is 34.7. The number of unbranched alkanes of at least 4 members (excludes halogenated alkanes) is 2. The van der Waals surface area contributed by atoms with Crippen molar-refractivity contribution in [1.29, 1.82) is 0 Å². The van der Waals surface area contributed by atoms with Crippen LogP contribution in [0.5, 0.6) is 5.75 Å². The number of halogens is 1. The van der Waals surface area contributed by atoms with Crippen LogP contribution in [0, 0.1) is 5.41 Å². The van der Waals surface area contributed by atoms with E-state index in [1.54, 1.807) is 48.5 Å². The third kappa shape index (κ3) is 9.92. The highest BCUT2D eigenvalue weighted by Gasteiger charge is 2.42. The first-order chi connectivity index (χ1) is 23.4. The van der Waals surface area contributed by atoms with Crippen LogP contribution in [-0.4, -0.2) is 63.0 Å². The van der Waals surface area contributed by atoms with Gasteiger partial charge in [0, 0.05) is 28.7 Å². The molecule has 3 aromatic rings. The van der Waals surface area contributed by atoms with Crippen LogP contribution in [0.1, 0.15) is 64.0 Å². The normalized spacial score (nSPS) is 15.4. The Bertz CT molecular complexity index is 1710. The van der Waals surface area contributed by atoms with Crippen molar-refractivity contribution in [3.05, 3.63) is 77.3 Å². The minimum Gasteiger partial charge on any atom is -0.483 e. The lowest BCUT2D eigenvalue weighted by Gasteiger charge is -2.37. The zero-order chi connectivity index (χ0) is 35.6. The zero-order valence-electron chi connectivity index (χ0n) is 28.0. The Kier molecular flexibility index (Phi) is 13.4. The molecule has 0 aliphatic carbocycles. The van der Waals surface area contributed by atoms with Gasteiger partial charge in [-0.15, -0.1) is 11.8 Å². The molecule has 0 saturated carbocycles. The number of sulfone groups is 1. The molecular weight excluding hydrogens is 686 g/mol. The molecule has 1 aliphatic heterocycles. The number of nitrogens with zero attached hydrogens (tertiary/aromatic N) is 1. The minimum atomic E-state index is -3.82. The number of nitrogens with one attached hydrogen (secondary N) is 2. The largest absolute Gasteiger partial charge is 0.483 e. The fourth-order valence-corrected chi connectivity index (χ4v) is 8.94. The van der Waals surface area contributed by atoms with Crippen LogP contribution < -0.4 is 20.3 Å². The fraction of sp³-hybridized carbons (Fsp3) is 0.417. The summed E-state index contributed by atoms with van der Waals surface area (Å²) in [6, 6.07) is 18.0. The van der Waals surface area contributed by atoms with Crippen molar-refractivity contribution in [2.75, 3.05) is 36.6 Å². The lowest BCUT2D eigenvalue weighted by molar-refractivity contribution is -0.138. The number of hydrogen-bond acceptors (Lipinski definition) is 8. The number of aliphatic carboxylic acids is 1. The number of carboxylic acids is 1. The first kappa shape index (κ1) is 38.1. The van der Waals surface area contributed by atoms with Crippen molar-refractivity contribution in [1.82, 2.24) is 10.6 Å². The number of ether oxygens (including phenoxy) is 1. The Morgan fingerprint density at radius 1 is 1.02 bits per heavy atom. The SMILES string of the molecule is CCCCC1(CCCC)CN(c2ccc(Cl)cc2)c2cc(SC)c(OCC(=O)N[C@@H](C(=O)NCC(=O)O)c3ccccc3)cc2S(=O)(=O)C1. The molecule has 13 heteroatoms. The lowest BCUT2D eigenvalue weighted by atomic mass is 9.79. The number of carboxylic acid groups (broad SMARTS) is 1. The Hall–Kier alpha value is -3.74. The van der Waals surface area contributed by atoms with Crippen molar-refractivity contribution in [2.45, 2.75) is 68.2 Å². The van der Waals surface area contributed by atoms with E-state index in [2.05, 4.69) is 29.4 Å². The molecule has 0 saturated heterocycles. The van der Waals surface area contributed by atoms with Gasteiger partial charge in [0.2, 0.25) is 5.91 Å². The first-order valence-electron chi connectivity index (χ1n) is 16.4. The Balaban J connectivity index is 1.70. The number of anilines is 2. The summed E-state index contributed by atoms with van der Waals surface area (Å²) in [6.07, 6.45) is 7.08. The van der Waals surface area contributed by atoms with Crippen LogP contribution in [0.2, 0.25) is 5.02 Å². The molecule has 0 bridgehead atoms. The second kappa shape index (κ2) is 17.3. The quantitative estimate of drug-likeness (QED) is 0.136. The number of hydrogen-bond donors (Lipinski definition) is 3. The Labute approximate surface area is 297 Å². The van der Waals surface area contributed by atoms with E-state index in [0.29, 0.717) is 27.7 Å². The van der Waals surface area contributed by atoms with Crippen molar-refractivity contribution < 1.29 is 32.6 Å². The van der Waals surface area contributed by atoms with Gasteiger partial charge in [-0.1, -0.05) is 81.5 Å². The first-order valence-corrected chi connectivity index (χ1v) is 19.6. The maximum absolute atomic E-state index is 14.4. The van der Waals surface area contributed by atoms with Gasteiger partial charge < -0.3 is 25.4 Å². The molecule has 0 spiro atoms. The average Bonchev–Trinajstić information content (AvgIpc) is 3.18. The molecule has 0 radical (unpaired) electrons. The van der Waals surface area contributed by atoms with Crippen molar-refractivity contribution in [3.63, 3.8) is 0 Å². The molecule has 1 aliphatic rings. The molecule has 0 aromatic heterocycles.